The van der Waals surface area contributed by atoms with Gasteiger partial charge in [0.1, 0.15) is 5.82 Å². The normalized spacial score (nSPS) is 10.4. The molecular weight excluding hydrogens is 250 g/mol. The minimum Gasteiger partial charge on any atom is -0.344 e. The molecule has 0 unspecified atom stereocenters. The minimum atomic E-state index is -0.120. The third kappa shape index (κ3) is 3.75. The van der Waals surface area contributed by atoms with Gasteiger partial charge in [0.05, 0.1) is 18.8 Å². The van der Waals surface area contributed by atoms with Gasteiger partial charge in [-0.2, -0.15) is 0 Å². The molecule has 1 rings (SSSR count). The molecule has 0 aliphatic rings. The number of thioether (sulfide) groups is 1. The quantitative estimate of drug-likeness (QED) is 0.566. The average Bonchev–Trinajstić information content (AvgIpc) is 2.76. The van der Waals surface area contributed by atoms with Gasteiger partial charge in [-0.1, -0.05) is 17.7 Å². The van der Waals surface area contributed by atoms with Crippen LogP contribution in [-0.4, -0.2) is 33.0 Å². The average molecular weight is 267 g/mol. The zero-order chi connectivity index (χ0) is 13.5. The number of hydrogen-bond acceptors (Lipinski definition) is 5. The topological polar surface area (TPSA) is 85.8 Å². The molecule has 0 saturated carbocycles. The third-order valence-electron chi connectivity index (χ3n) is 2.15. The van der Waals surface area contributed by atoms with Crippen LogP contribution in [0.3, 0.4) is 0 Å². The Bertz CT molecular complexity index is 449. The zero-order valence-electron chi connectivity index (χ0n) is 10.5. The third-order valence-corrected chi connectivity index (χ3v) is 3.10. The van der Waals surface area contributed by atoms with Gasteiger partial charge in [0.25, 0.3) is 0 Å². The zero-order valence-corrected chi connectivity index (χ0v) is 11.3. The maximum Gasteiger partial charge on any atom is 0.231 e. The van der Waals surface area contributed by atoms with Crippen LogP contribution in [-0.2, 0) is 11.3 Å². The molecule has 1 amide bonds. The van der Waals surface area contributed by atoms with E-state index in [1.54, 1.807) is 0 Å². The Kier molecular flexibility index (Phi) is 5.68. The van der Waals surface area contributed by atoms with E-state index in [2.05, 4.69) is 21.4 Å². The van der Waals surface area contributed by atoms with E-state index in [0.717, 1.165) is 5.82 Å². The van der Waals surface area contributed by atoms with Crippen LogP contribution in [0.5, 0.6) is 0 Å². The van der Waals surface area contributed by atoms with E-state index in [1.807, 2.05) is 18.4 Å². The van der Waals surface area contributed by atoms with Crippen LogP contribution in [0.4, 0.5) is 0 Å². The van der Waals surface area contributed by atoms with Crippen LogP contribution >= 0.6 is 11.8 Å². The molecule has 0 radical (unpaired) electrons. The van der Waals surface area contributed by atoms with E-state index in [-0.39, 0.29) is 24.2 Å². The van der Waals surface area contributed by atoms with Gasteiger partial charge in [0, 0.05) is 6.04 Å². The number of aromatic nitrogens is 3. The Morgan fingerprint density at radius 1 is 1.61 bits per heavy atom. The Hall–Kier alpha value is -1.52. The number of carbonyl (C=O) groups is 1. The second kappa shape index (κ2) is 7.03. The molecule has 0 bridgehead atoms. The van der Waals surface area contributed by atoms with E-state index < -0.39 is 0 Å². The fourth-order valence-corrected chi connectivity index (χ4v) is 2.31. The van der Waals surface area contributed by atoms with E-state index in [1.165, 1.54) is 11.8 Å². The van der Waals surface area contributed by atoms with E-state index in [4.69, 9.17) is 12.2 Å². The first-order valence-electron chi connectivity index (χ1n) is 5.57. The maximum absolute atomic E-state index is 11.4. The minimum absolute atomic E-state index is 0.120. The number of terminal acetylenes is 1. The van der Waals surface area contributed by atoms with Crippen molar-refractivity contribution in [3.63, 3.8) is 0 Å². The lowest BCUT2D eigenvalue weighted by Gasteiger charge is -2.12. The number of nitrogens with one attached hydrogen (secondary N) is 1. The molecule has 0 aliphatic carbocycles. The fourth-order valence-electron chi connectivity index (χ4n) is 1.39. The molecular formula is C11H17N5OS. The van der Waals surface area contributed by atoms with Crippen molar-refractivity contribution in [2.75, 3.05) is 12.3 Å². The van der Waals surface area contributed by atoms with Gasteiger partial charge in [-0.05, 0) is 13.8 Å². The van der Waals surface area contributed by atoms with Gasteiger partial charge >= 0.3 is 0 Å². The summed E-state index contributed by atoms with van der Waals surface area (Å²) in [7, 11) is 0. The summed E-state index contributed by atoms with van der Waals surface area (Å²) in [5.74, 6) is 3.21. The number of hydrogen-bond donors (Lipinski definition) is 2. The maximum atomic E-state index is 11.4. The highest BCUT2D eigenvalue weighted by Crippen LogP contribution is 2.20. The first-order chi connectivity index (χ1) is 8.60. The number of rotatable bonds is 6. The smallest absolute Gasteiger partial charge is 0.231 e. The molecule has 0 aliphatic heterocycles. The lowest BCUT2D eigenvalue weighted by Crippen LogP contribution is -2.25. The van der Waals surface area contributed by atoms with Crippen LogP contribution in [0.1, 0.15) is 25.7 Å². The molecule has 18 heavy (non-hydrogen) atoms. The Morgan fingerprint density at radius 3 is 2.89 bits per heavy atom. The van der Waals surface area contributed by atoms with Crippen LogP contribution < -0.4 is 11.1 Å². The van der Waals surface area contributed by atoms with Crippen molar-refractivity contribution in [2.45, 2.75) is 31.6 Å². The monoisotopic (exact) mass is 267 g/mol. The SMILES string of the molecule is C#CCNC(=O)CSc1nnc(CN)n1C(C)C. The summed E-state index contributed by atoms with van der Waals surface area (Å²) in [5, 5.41) is 11.3. The van der Waals surface area contributed by atoms with Crippen molar-refractivity contribution in [3.8, 4) is 12.3 Å². The van der Waals surface area contributed by atoms with Crippen molar-refractivity contribution in [2.24, 2.45) is 5.73 Å². The van der Waals surface area contributed by atoms with Crippen molar-refractivity contribution in [1.82, 2.24) is 20.1 Å². The van der Waals surface area contributed by atoms with Crippen molar-refractivity contribution >= 4 is 17.7 Å². The molecule has 3 N–H and O–H groups in total. The number of carbonyl (C=O) groups excluding carboxylic acids is 1. The summed E-state index contributed by atoms with van der Waals surface area (Å²) in [5.41, 5.74) is 5.59. The molecule has 1 heterocycles. The van der Waals surface area contributed by atoms with Crippen molar-refractivity contribution < 1.29 is 4.79 Å². The molecule has 1 aromatic rings. The van der Waals surface area contributed by atoms with Crippen LogP contribution in [0.15, 0.2) is 5.16 Å². The van der Waals surface area contributed by atoms with Gasteiger partial charge in [-0.25, -0.2) is 0 Å². The Balaban J connectivity index is 2.65. The fraction of sp³-hybridized carbons (Fsp3) is 0.545. The first-order valence-corrected chi connectivity index (χ1v) is 6.55. The molecule has 0 aromatic carbocycles. The summed E-state index contributed by atoms with van der Waals surface area (Å²) in [6.45, 7) is 4.61. The second-order valence-corrected chi connectivity index (χ2v) is 4.78. The highest BCUT2D eigenvalue weighted by Gasteiger charge is 2.15. The van der Waals surface area contributed by atoms with E-state index >= 15 is 0 Å². The molecule has 0 atom stereocenters. The first kappa shape index (κ1) is 14.5. The summed E-state index contributed by atoms with van der Waals surface area (Å²) >= 11 is 1.32. The molecule has 0 spiro atoms. The molecule has 6 nitrogen and oxygen atoms in total. The summed E-state index contributed by atoms with van der Waals surface area (Å²) in [4.78, 5) is 11.4. The highest BCUT2D eigenvalue weighted by molar-refractivity contribution is 7.99. The Morgan fingerprint density at radius 2 is 2.33 bits per heavy atom. The molecule has 7 heteroatoms. The van der Waals surface area contributed by atoms with Gasteiger partial charge in [-0.15, -0.1) is 16.6 Å². The lowest BCUT2D eigenvalue weighted by molar-refractivity contribution is -0.118. The summed E-state index contributed by atoms with van der Waals surface area (Å²) < 4.78 is 1.93. The lowest BCUT2D eigenvalue weighted by atomic mass is 10.4. The van der Waals surface area contributed by atoms with Gasteiger partial charge in [0.2, 0.25) is 5.91 Å². The summed E-state index contributed by atoms with van der Waals surface area (Å²) in [6, 6.07) is 0.204. The number of nitrogens with zero attached hydrogens (tertiary/aromatic N) is 3. The largest absolute Gasteiger partial charge is 0.344 e. The predicted octanol–water partition coefficient (Wildman–Crippen LogP) is 0.159. The molecule has 98 valence electrons. The van der Waals surface area contributed by atoms with Crippen molar-refractivity contribution in [1.29, 1.82) is 0 Å². The highest BCUT2D eigenvalue weighted by atomic mass is 32.2. The standard InChI is InChI=1S/C11H17N5OS/c1-4-5-13-10(17)7-18-11-15-14-9(6-12)16(11)8(2)3/h1,8H,5-7,12H2,2-3H3,(H,13,17). The molecule has 0 saturated heterocycles. The number of nitrogens with two attached hydrogens (primary N) is 1. The molecule has 1 aromatic heterocycles. The van der Waals surface area contributed by atoms with Crippen LogP contribution in [0, 0.1) is 12.3 Å². The second-order valence-electron chi connectivity index (χ2n) is 3.84. The van der Waals surface area contributed by atoms with Gasteiger partial charge in [0.15, 0.2) is 5.16 Å². The predicted molar refractivity (Wildman–Crippen MR) is 70.9 cm³/mol. The van der Waals surface area contributed by atoms with E-state index in [0.29, 0.717) is 11.7 Å². The van der Waals surface area contributed by atoms with Crippen LogP contribution in [0.2, 0.25) is 0 Å². The van der Waals surface area contributed by atoms with Gasteiger partial charge in [-0.3, -0.25) is 4.79 Å². The molecule has 0 fully saturated rings. The van der Waals surface area contributed by atoms with Crippen molar-refractivity contribution in [3.05, 3.63) is 5.82 Å². The summed E-state index contributed by atoms with van der Waals surface area (Å²) in [6.07, 6.45) is 5.06. The van der Waals surface area contributed by atoms with Crippen LogP contribution in [0.25, 0.3) is 0 Å². The number of amides is 1. The Labute approximate surface area is 111 Å². The van der Waals surface area contributed by atoms with E-state index in [9.17, 15) is 4.79 Å². The van der Waals surface area contributed by atoms with Gasteiger partial charge < -0.3 is 15.6 Å².